The molecule has 126 valence electrons. The number of guanidine groups is 1. The number of nitrogens with two attached hydrogens (primary N) is 1. The molecule has 1 aromatic carbocycles. The van der Waals surface area contributed by atoms with E-state index in [-0.39, 0.29) is 35.8 Å². The number of aliphatic imine (C=N–C) groups is 1. The highest BCUT2D eigenvalue weighted by Crippen LogP contribution is 2.08. The lowest BCUT2D eigenvalue weighted by Crippen LogP contribution is -2.40. The summed E-state index contributed by atoms with van der Waals surface area (Å²) < 4.78 is 27.4. The van der Waals surface area contributed by atoms with Crippen molar-refractivity contribution < 1.29 is 13.2 Å². The van der Waals surface area contributed by atoms with Crippen LogP contribution in [-0.4, -0.2) is 40.4 Å². The van der Waals surface area contributed by atoms with Crippen LogP contribution in [0.15, 0.2) is 29.3 Å². The minimum atomic E-state index is -3.00. The maximum absolute atomic E-state index is 11.2. The lowest BCUT2D eigenvalue weighted by molar-refractivity contribution is 0.179. The molecule has 0 bridgehead atoms. The minimum absolute atomic E-state index is 0. The molecule has 0 aliphatic carbocycles. The summed E-state index contributed by atoms with van der Waals surface area (Å²) in [4.78, 5) is 4.23. The monoisotopic (exact) mass is 441 g/mol. The van der Waals surface area contributed by atoms with Gasteiger partial charge in [-0.25, -0.2) is 13.4 Å². The molecule has 0 aromatic heterocycles. The molecular weight excluding hydrogens is 417 g/mol. The second kappa shape index (κ2) is 10.0. The molecule has 1 aromatic rings. The van der Waals surface area contributed by atoms with Crippen LogP contribution in [0.1, 0.15) is 18.1 Å². The van der Waals surface area contributed by atoms with Crippen molar-refractivity contribution in [3.8, 4) is 0 Å². The Morgan fingerprint density at radius 2 is 1.86 bits per heavy atom. The summed E-state index contributed by atoms with van der Waals surface area (Å²) in [6.07, 6.45) is 1.22. The highest BCUT2D eigenvalue weighted by Gasteiger charge is 2.04. The number of nitrogens with one attached hydrogen (secondary N) is 1. The number of methoxy groups -OCH3 is 1. The highest BCUT2D eigenvalue weighted by molar-refractivity contribution is 14.0. The van der Waals surface area contributed by atoms with Gasteiger partial charge in [-0.2, -0.15) is 0 Å². The predicted octanol–water partition coefficient (Wildman–Crippen LogP) is 1.29. The summed E-state index contributed by atoms with van der Waals surface area (Å²) in [5, 5.41) is 3.02. The Morgan fingerprint density at radius 1 is 1.32 bits per heavy atom. The van der Waals surface area contributed by atoms with Gasteiger partial charge in [0, 0.05) is 19.4 Å². The lowest BCUT2D eigenvalue weighted by atomic mass is 10.1. The fraction of sp³-hybridized carbons (Fsp3) is 0.500. The Bertz CT molecular complexity index is 574. The van der Waals surface area contributed by atoms with Crippen molar-refractivity contribution in [3.05, 3.63) is 35.4 Å². The molecular formula is C14H24IN3O3S. The third kappa shape index (κ3) is 9.21. The molecule has 0 heterocycles. The smallest absolute Gasteiger partial charge is 0.189 e. The molecule has 0 saturated heterocycles. The van der Waals surface area contributed by atoms with Crippen molar-refractivity contribution in [2.45, 2.75) is 25.3 Å². The van der Waals surface area contributed by atoms with Crippen LogP contribution in [0, 0.1) is 0 Å². The predicted molar refractivity (Wildman–Crippen MR) is 100 cm³/mol. The molecule has 0 spiro atoms. The van der Waals surface area contributed by atoms with Crippen LogP contribution in [0.5, 0.6) is 0 Å². The number of hydrogen-bond donors (Lipinski definition) is 2. The van der Waals surface area contributed by atoms with Crippen LogP contribution in [0.25, 0.3) is 0 Å². The summed E-state index contributed by atoms with van der Waals surface area (Å²) in [6, 6.07) is 7.40. The van der Waals surface area contributed by atoms with Gasteiger partial charge in [-0.3, -0.25) is 0 Å². The van der Waals surface area contributed by atoms with Crippen molar-refractivity contribution in [2.75, 3.05) is 20.0 Å². The fourth-order valence-corrected chi connectivity index (χ4v) is 2.61. The molecule has 1 unspecified atom stereocenters. The van der Waals surface area contributed by atoms with Gasteiger partial charge < -0.3 is 15.8 Å². The van der Waals surface area contributed by atoms with Gasteiger partial charge in [0.25, 0.3) is 0 Å². The van der Waals surface area contributed by atoms with E-state index < -0.39 is 9.84 Å². The van der Waals surface area contributed by atoms with Gasteiger partial charge in [-0.15, -0.1) is 24.0 Å². The van der Waals surface area contributed by atoms with Gasteiger partial charge in [-0.1, -0.05) is 24.3 Å². The molecule has 0 aliphatic rings. The van der Waals surface area contributed by atoms with E-state index in [9.17, 15) is 8.42 Å². The molecule has 0 radical (unpaired) electrons. The summed E-state index contributed by atoms with van der Waals surface area (Å²) in [5.41, 5.74) is 7.51. The number of nitrogens with zero attached hydrogens (tertiary/aromatic N) is 1. The first-order valence-corrected chi connectivity index (χ1v) is 8.67. The summed E-state index contributed by atoms with van der Waals surface area (Å²) in [6.45, 7) is 2.94. The van der Waals surface area contributed by atoms with Crippen LogP contribution in [0.3, 0.4) is 0 Å². The number of benzene rings is 1. The number of halogens is 1. The second-order valence-corrected chi connectivity index (χ2v) is 7.23. The Hall–Kier alpha value is -0.870. The van der Waals surface area contributed by atoms with Gasteiger partial charge >= 0.3 is 0 Å². The molecule has 8 heteroatoms. The number of rotatable bonds is 7. The van der Waals surface area contributed by atoms with Crippen molar-refractivity contribution >= 4 is 39.8 Å². The average molecular weight is 441 g/mol. The largest absolute Gasteiger partial charge is 0.383 e. The van der Waals surface area contributed by atoms with E-state index in [1.807, 2.05) is 19.1 Å². The standard InChI is InChI=1S/C14H23N3O3S.HI/c1-11(9-20-2)17-14(15)16-8-12-4-6-13(7-5-12)10-21(3,18)19;/h4-7,11H,8-10H2,1-3H3,(H3,15,16,17);1H. The van der Waals surface area contributed by atoms with Crippen LogP contribution < -0.4 is 11.1 Å². The SMILES string of the molecule is COCC(C)NC(N)=NCc1ccc(CS(C)(=O)=O)cc1.I. The normalized spacial score (nSPS) is 13.3. The first-order valence-electron chi connectivity index (χ1n) is 6.61. The topological polar surface area (TPSA) is 93.8 Å². The lowest BCUT2D eigenvalue weighted by Gasteiger charge is -2.13. The number of sulfone groups is 1. The van der Waals surface area contributed by atoms with Crippen molar-refractivity contribution in [3.63, 3.8) is 0 Å². The third-order valence-electron chi connectivity index (χ3n) is 2.69. The average Bonchev–Trinajstić information content (AvgIpc) is 2.36. The van der Waals surface area contributed by atoms with Gasteiger partial charge in [0.2, 0.25) is 0 Å². The van der Waals surface area contributed by atoms with E-state index in [0.29, 0.717) is 19.1 Å². The zero-order valence-corrected chi connectivity index (χ0v) is 16.2. The third-order valence-corrected chi connectivity index (χ3v) is 3.55. The van der Waals surface area contributed by atoms with Crippen LogP contribution >= 0.6 is 24.0 Å². The molecule has 0 fully saturated rings. The molecule has 3 N–H and O–H groups in total. The molecule has 0 amide bonds. The number of ether oxygens (including phenoxy) is 1. The van der Waals surface area contributed by atoms with E-state index in [1.54, 1.807) is 19.2 Å². The van der Waals surface area contributed by atoms with Crippen LogP contribution in [0.2, 0.25) is 0 Å². The summed E-state index contributed by atoms with van der Waals surface area (Å²) in [7, 11) is -1.38. The number of hydrogen-bond acceptors (Lipinski definition) is 4. The van der Waals surface area contributed by atoms with E-state index in [2.05, 4.69) is 10.3 Å². The molecule has 22 heavy (non-hydrogen) atoms. The Kier molecular flexibility index (Phi) is 9.61. The molecule has 1 rings (SSSR count). The molecule has 6 nitrogen and oxygen atoms in total. The van der Waals surface area contributed by atoms with Crippen LogP contribution in [0.4, 0.5) is 0 Å². The van der Waals surface area contributed by atoms with Crippen molar-refractivity contribution in [2.24, 2.45) is 10.7 Å². The molecule has 0 aliphatic heterocycles. The second-order valence-electron chi connectivity index (χ2n) is 5.09. The van der Waals surface area contributed by atoms with E-state index >= 15 is 0 Å². The van der Waals surface area contributed by atoms with Gasteiger partial charge in [0.15, 0.2) is 15.8 Å². The van der Waals surface area contributed by atoms with Gasteiger partial charge in [-0.05, 0) is 18.1 Å². The summed E-state index contributed by atoms with van der Waals surface area (Å²) >= 11 is 0. The first kappa shape index (κ1) is 21.1. The van der Waals surface area contributed by atoms with Crippen molar-refractivity contribution in [1.29, 1.82) is 0 Å². The summed E-state index contributed by atoms with van der Waals surface area (Å²) in [5.74, 6) is 0.411. The Labute approximate surface area is 149 Å². The molecule has 1 atom stereocenters. The maximum Gasteiger partial charge on any atom is 0.189 e. The fourth-order valence-electron chi connectivity index (χ4n) is 1.81. The Balaban J connectivity index is 0.00000441. The van der Waals surface area contributed by atoms with E-state index in [1.165, 1.54) is 6.26 Å². The molecule has 0 saturated carbocycles. The van der Waals surface area contributed by atoms with Gasteiger partial charge in [0.1, 0.15) is 0 Å². The quantitative estimate of drug-likeness (QED) is 0.378. The zero-order chi connectivity index (χ0) is 15.9. The van der Waals surface area contributed by atoms with Gasteiger partial charge in [0.05, 0.1) is 18.9 Å². The highest BCUT2D eigenvalue weighted by atomic mass is 127. The zero-order valence-electron chi connectivity index (χ0n) is 13.1. The van der Waals surface area contributed by atoms with E-state index in [4.69, 9.17) is 10.5 Å². The van der Waals surface area contributed by atoms with Crippen LogP contribution in [-0.2, 0) is 26.9 Å². The Morgan fingerprint density at radius 3 is 2.36 bits per heavy atom. The maximum atomic E-state index is 11.2. The minimum Gasteiger partial charge on any atom is -0.383 e. The van der Waals surface area contributed by atoms with Crippen molar-refractivity contribution in [1.82, 2.24) is 5.32 Å². The van der Waals surface area contributed by atoms with E-state index in [0.717, 1.165) is 11.1 Å². The first-order chi connectivity index (χ1) is 9.80.